The van der Waals surface area contributed by atoms with Gasteiger partial charge in [-0.25, -0.2) is 17.2 Å². The van der Waals surface area contributed by atoms with E-state index in [0.29, 0.717) is 4.88 Å². The maximum Gasteiger partial charge on any atom is 0.257 e. The van der Waals surface area contributed by atoms with E-state index in [-0.39, 0.29) is 22.8 Å². The number of hydrogen-bond donors (Lipinski definition) is 1. The Morgan fingerprint density at radius 2 is 1.87 bits per heavy atom. The second-order valence-corrected chi connectivity index (χ2v) is 9.59. The standard InChI is InChI=1S/C21H19F2NO4S2/c1-14-11-15(8-9-16(14)22)30(26,27)20(19-7-4-10-29-19)12-24-21(25)13-28-18-6-3-2-5-17(18)23/h2-11,20H,12-13H2,1H3,(H,24,25). The molecule has 0 fully saturated rings. The fourth-order valence-corrected chi connectivity index (χ4v) is 5.63. The zero-order valence-corrected chi connectivity index (χ0v) is 17.6. The minimum absolute atomic E-state index is 0.0309. The van der Waals surface area contributed by atoms with Gasteiger partial charge in [0.15, 0.2) is 28.0 Å². The van der Waals surface area contributed by atoms with Crippen LogP contribution in [0.15, 0.2) is 64.9 Å². The van der Waals surface area contributed by atoms with E-state index in [1.165, 1.54) is 48.6 Å². The number of nitrogens with one attached hydrogen (secondary N) is 1. The molecular weight excluding hydrogens is 432 g/mol. The number of carbonyl (C=O) groups is 1. The third kappa shape index (κ3) is 5.03. The number of hydrogen-bond acceptors (Lipinski definition) is 5. The second kappa shape index (κ2) is 9.36. The Labute approximate surface area is 177 Å². The summed E-state index contributed by atoms with van der Waals surface area (Å²) in [5.74, 6) is -1.77. The van der Waals surface area contributed by atoms with Crippen LogP contribution < -0.4 is 10.1 Å². The van der Waals surface area contributed by atoms with Gasteiger partial charge in [0.25, 0.3) is 5.91 Å². The van der Waals surface area contributed by atoms with Gasteiger partial charge in [-0.15, -0.1) is 11.3 Å². The molecule has 0 bridgehead atoms. The summed E-state index contributed by atoms with van der Waals surface area (Å²) in [7, 11) is -3.90. The highest BCUT2D eigenvalue weighted by molar-refractivity contribution is 7.91. The summed E-state index contributed by atoms with van der Waals surface area (Å²) in [5.41, 5.74) is 0.211. The third-order valence-electron chi connectivity index (χ3n) is 4.37. The number of ether oxygens (including phenoxy) is 1. The molecule has 1 N–H and O–H groups in total. The lowest BCUT2D eigenvalue weighted by Gasteiger charge is -2.18. The zero-order chi connectivity index (χ0) is 21.7. The molecule has 158 valence electrons. The number of aryl methyl sites for hydroxylation is 1. The van der Waals surface area contributed by atoms with Crippen molar-refractivity contribution in [2.75, 3.05) is 13.2 Å². The molecule has 1 heterocycles. The first kappa shape index (κ1) is 21.9. The van der Waals surface area contributed by atoms with E-state index in [1.807, 2.05) is 0 Å². The van der Waals surface area contributed by atoms with Crippen LogP contribution in [-0.4, -0.2) is 27.5 Å². The summed E-state index contributed by atoms with van der Waals surface area (Å²) in [4.78, 5) is 12.7. The van der Waals surface area contributed by atoms with Gasteiger partial charge in [0.05, 0.1) is 4.90 Å². The van der Waals surface area contributed by atoms with Crippen LogP contribution in [0.2, 0.25) is 0 Å². The molecule has 1 atom stereocenters. The predicted octanol–water partition coefficient (Wildman–Crippen LogP) is 4.04. The van der Waals surface area contributed by atoms with Gasteiger partial charge in [0.2, 0.25) is 0 Å². The summed E-state index contributed by atoms with van der Waals surface area (Å²) in [5, 5.41) is 3.21. The van der Waals surface area contributed by atoms with Crippen LogP contribution in [0.1, 0.15) is 15.7 Å². The SMILES string of the molecule is Cc1cc(S(=O)(=O)C(CNC(=O)COc2ccccc2F)c2cccs2)ccc1F. The number of benzene rings is 2. The van der Waals surface area contributed by atoms with Crippen LogP contribution in [-0.2, 0) is 14.6 Å². The molecule has 3 rings (SSSR count). The quantitative estimate of drug-likeness (QED) is 0.525. The number of thiophene rings is 1. The molecule has 1 unspecified atom stereocenters. The Morgan fingerprint density at radius 3 is 2.53 bits per heavy atom. The highest BCUT2D eigenvalue weighted by Gasteiger charge is 2.31. The van der Waals surface area contributed by atoms with Crippen LogP contribution in [0.25, 0.3) is 0 Å². The molecule has 0 aliphatic rings. The summed E-state index contributed by atoms with van der Waals surface area (Å²) in [6, 6.07) is 12.6. The van der Waals surface area contributed by atoms with Crippen molar-refractivity contribution in [1.29, 1.82) is 0 Å². The Hall–Kier alpha value is -2.78. The molecule has 0 radical (unpaired) electrons. The Morgan fingerprint density at radius 1 is 1.10 bits per heavy atom. The van der Waals surface area contributed by atoms with Crippen molar-refractivity contribution < 1.29 is 26.7 Å². The molecule has 0 saturated carbocycles. The van der Waals surface area contributed by atoms with Gasteiger partial charge in [-0.05, 0) is 54.3 Å². The molecular formula is C21H19F2NO4S2. The Balaban J connectivity index is 1.74. The zero-order valence-electron chi connectivity index (χ0n) is 16.0. The number of rotatable bonds is 8. The van der Waals surface area contributed by atoms with Crippen molar-refractivity contribution in [3.63, 3.8) is 0 Å². The Bertz CT molecular complexity index is 1130. The van der Waals surface area contributed by atoms with Gasteiger partial charge in [0, 0.05) is 11.4 Å². The first-order valence-corrected chi connectivity index (χ1v) is 11.4. The Kier molecular flexibility index (Phi) is 6.84. The molecule has 1 amide bonds. The third-order valence-corrected chi connectivity index (χ3v) is 7.59. The first-order chi connectivity index (χ1) is 14.3. The molecule has 0 saturated heterocycles. The van der Waals surface area contributed by atoms with Crippen molar-refractivity contribution >= 4 is 27.1 Å². The second-order valence-electron chi connectivity index (χ2n) is 6.48. The average Bonchev–Trinajstić information content (AvgIpc) is 3.23. The molecule has 1 aromatic heterocycles. The maximum atomic E-state index is 13.6. The van der Waals surface area contributed by atoms with Crippen molar-refractivity contribution in [3.05, 3.63) is 82.1 Å². The lowest BCUT2D eigenvalue weighted by atomic mass is 10.2. The van der Waals surface area contributed by atoms with E-state index >= 15 is 0 Å². The summed E-state index contributed by atoms with van der Waals surface area (Å²) >= 11 is 1.24. The minimum Gasteiger partial charge on any atom is -0.481 e. The lowest BCUT2D eigenvalue weighted by molar-refractivity contribution is -0.123. The normalized spacial score (nSPS) is 12.4. The number of carbonyl (C=O) groups excluding carboxylic acids is 1. The molecule has 9 heteroatoms. The van der Waals surface area contributed by atoms with Crippen LogP contribution in [0.5, 0.6) is 5.75 Å². The highest BCUT2D eigenvalue weighted by Crippen LogP contribution is 2.32. The molecule has 5 nitrogen and oxygen atoms in total. The van der Waals surface area contributed by atoms with E-state index in [9.17, 15) is 22.0 Å². The number of para-hydroxylation sites is 1. The van der Waals surface area contributed by atoms with Gasteiger partial charge in [-0.1, -0.05) is 18.2 Å². The largest absolute Gasteiger partial charge is 0.481 e. The smallest absolute Gasteiger partial charge is 0.257 e. The van der Waals surface area contributed by atoms with Crippen LogP contribution in [0.4, 0.5) is 8.78 Å². The topological polar surface area (TPSA) is 72.5 Å². The molecule has 3 aromatic rings. The van der Waals surface area contributed by atoms with Crippen LogP contribution in [0, 0.1) is 18.6 Å². The van der Waals surface area contributed by atoms with Crippen LogP contribution in [0.3, 0.4) is 0 Å². The maximum absolute atomic E-state index is 13.6. The molecule has 2 aromatic carbocycles. The number of halogens is 2. The van der Waals surface area contributed by atoms with Gasteiger partial charge in [0.1, 0.15) is 11.1 Å². The fourth-order valence-electron chi connectivity index (χ4n) is 2.76. The van der Waals surface area contributed by atoms with E-state index in [2.05, 4.69) is 5.32 Å². The minimum atomic E-state index is -3.90. The van der Waals surface area contributed by atoms with Crippen molar-refractivity contribution in [2.45, 2.75) is 17.1 Å². The predicted molar refractivity (Wildman–Crippen MR) is 110 cm³/mol. The summed E-state index contributed by atoms with van der Waals surface area (Å²) in [6.45, 7) is 0.808. The van der Waals surface area contributed by atoms with Crippen molar-refractivity contribution in [3.8, 4) is 5.75 Å². The van der Waals surface area contributed by atoms with Gasteiger partial charge < -0.3 is 10.1 Å². The lowest BCUT2D eigenvalue weighted by Crippen LogP contribution is -2.34. The van der Waals surface area contributed by atoms with Gasteiger partial charge in [-0.2, -0.15) is 0 Å². The van der Waals surface area contributed by atoms with Crippen molar-refractivity contribution in [2.24, 2.45) is 0 Å². The van der Waals surface area contributed by atoms with E-state index in [4.69, 9.17) is 4.74 Å². The molecule has 0 aliphatic heterocycles. The molecule has 30 heavy (non-hydrogen) atoms. The summed E-state index contributed by atoms with van der Waals surface area (Å²) in [6.07, 6.45) is 0. The molecule has 0 spiro atoms. The monoisotopic (exact) mass is 451 g/mol. The van der Waals surface area contributed by atoms with Gasteiger partial charge in [-0.3, -0.25) is 4.79 Å². The molecule has 0 aliphatic carbocycles. The van der Waals surface area contributed by atoms with Gasteiger partial charge >= 0.3 is 0 Å². The van der Waals surface area contributed by atoms with E-state index < -0.39 is 39.2 Å². The van der Waals surface area contributed by atoms with E-state index in [0.717, 1.165) is 6.07 Å². The van der Waals surface area contributed by atoms with E-state index in [1.54, 1.807) is 23.6 Å². The highest BCUT2D eigenvalue weighted by atomic mass is 32.2. The number of amides is 1. The number of sulfone groups is 1. The average molecular weight is 452 g/mol. The summed E-state index contributed by atoms with van der Waals surface area (Å²) < 4.78 is 58.7. The van der Waals surface area contributed by atoms with Crippen molar-refractivity contribution in [1.82, 2.24) is 5.32 Å². The first-order valence-electron chi connectivity index (χ1n) is 8.96. The fraction of sp³-hybridized carbons (Fsp3) is 0.190. The van der Waals surface area contributed by atoms with Crippen LogP contribution >= 0.6 is 11.3 Å².